The van der Waals surface area contributed by atoms with Crippen LogP contribution in [0.15, 0.2) is 18.2 Å². The quantitative estimate of drug-likeness (QED) is 0.869. The maximum Gasteiger partial charge on any atom is 0.0880 e. The lowest BCUT2D eigenvalue weighted by Gasteiger charge is -2.22. The van der Waals surface area contributed by atoms with Gasteiger partial charge in [0.2, 0.25) is 0 Å². The third-order valence-electron chi connectivity index (χ3n) is 3.96. The van der Waals surface area contributed by atoms with Gasteiger partial charge >= 0.3 is 0 Å². The van der Waals surface area contributed by atoms with Crippen LogP contribution in [0.3, 0.4) is 0 Å². The second kappa shape index (κ2) is 6.63. The molecule has 0 aliphatic heterocycles. The third kappa shape index (κ3) is 3.76. The maximum atomic E-state index is 10.2. The summed E-state index contributed by atoms with van der Waals surface area (Å²) < 4.78 is 0. The molecule has 0 amide bonds. The van der Waals surface area contributed by atoms with Gasteiger partial charge in [0.25, 0.3) is 0 Å². The van der Waals surface area contributed by atoms with E-state index >= 15 is 0 Å². The van der Waals surface area contributed by atoms with Crippen LogP contribution in [0, 0.1) is 13.8 Å². The van der Waals surface area contributed by atoms with Crippen molar-refractivity contribution in [2.75, 3.05) is 5.75 Å². The summed E-state index contributed by atoms with van der Waals surface area (Å²) >= 11 is 1.96. The molecule has 0 radical (unpaired) electrons. The average Bonchev–Trinajstić information content (AvgIpc) is 2.40. The van der Waals surface area contributed by atoms with Gasteiger partial charge in [-0.2, -0.15) is 11.8 Å². The predicted octanol–water partition coefficient (Wildman–Crippen LogP) is 4.40. The van der Waals surface area contributed by atoms with Crippen LogP contribution in [0.2, 0.25) is 0 Å². The Morgan fingerprint density at radius 2 is 1.89 bits per heavy atom. The van der Waals surface area contributed by atoms with E-state index in [1.165, 1.54) is 43.2 Å². The molecule has 2 heteroatoms. The van der Waals surface area contributed by atoms with Gasteiger partial charge in [-0.1, -0.05) is 37.5 Å². The third-order valence-corrected chi connectivity index (χ3v) is 5.41. The first-order valence-corrected chi connectivity index (χ1v) is 8.08. The fourth-order valence-electron chi connectivity index (χ4n) is 2.53. The fourth-order valence-corrected chi connectivity index (χ4v) is 3.84. The van der Waals surface area contributed by atoms with Crippen molar-refractivity contribution >= 4 is 11.8 Å². The highest BCUT2D eigenvalue weighted by Gasteiger charge is 2.16. The summed E-state index contributed by atoms with van der Waals surface area (Å²) in [4.78, 5) is 0. The van der Waals surface area contributed by atoms with Crippen molar-refractivity contribution < 1.29 is 5.11 Å². The largest absolute Gasteiger partial charge is 0.388 e. The molecule has 0 saturated heterocycles. The summed E-state index contributed by atoms with van der Waals surface area (Å²) in [5.74, 6) is 0.840. The highest BCUT2D eigenvalue weighted by Crippen LogP contribution is 2.31. The van der Waals surface area contributed by atoms with Gasteiger partial charge in [-0.25, -0.2) is 0 Å². The Labute approximate surface area is 115 Å². The Balaban J connectivity index is 1.86. The van der Waals surface area contributed by atoms with Gasteiger partial charge in [0.15, 0.2) is 0 Å². The van der Waals surface area contributed by atoms with E-state index in [4.69, 9.17) is 0 Å². The lowest BCUT2D eigenvalue weighted by molar-refractivity contribution is 0.204. The Morgan fingerprint density at radius 1 is 1.17 bits per heavy atom. The summed E-state index contributed by atoms with van der Waals surface area (Å²) in [6, 6.07) is 6.30. The smallest absolute Gasteiger partial charge is 0.0880 e. The SMILES string of the molecule is Cc1ccc(C(O)CSC2CCCCC2)cc1C. The molecule has 1 aromatic carbocycles. The van der Waals surface area contributed by atoms with Gasteiger partial charge in [-0.05, 0) is 43.4 Å². The molecule has 1 aliphatic carbocycles. The average molecular weight is 264 g/mol. The zero-order valence-electron chi connectivity index (χ0n) is 11.5. The minimum Gasteiger partial charge on any atom is -0.388 e. The van der Waals surface area contributed by atoms with Gasteiger partial charge < -0.3 is 5.11 Å². The zero-order valence-corrected chi connectivity index (χ0v) is 12.3. The minimum absolute atomic E-state index is 0.309. The second-order valence-electron chi connectivity index (χ2n) is 5.45. The molecule has 18 heavy (non-hydrogen) atoms. The van der Waals surface area contributed by atoms with E-state index in [-0.39, 0.29) is 6.10 Å². The van der Waals surface area contributed by atoms with Crippen molar-refractivity contribution in [3.63, 3.8) is 0 Å². The lowest BCUT2D eigenvalue weighted by Crippen LogP contribution is -2.11. The molecule has 1 unspecified atom stereocenters. The van der Waals surface area contributed by atoms with Crippen molar-refractivity contribution in [3.8, 4) is 0 Å². The van der Waals surface area contributed by atoms with E-state index < -0.39 is 0 Å². The van der Waals surface area contributed by atoms with Crippen LogP contribution in [-0.4, -0.2) is 16.1 Å². The van der Waals surface area contributed by atoms with Crippen LogP contribution >= 0.6 is 11.8 Å². The standard InChI is InChI=1S/C16H24OS/c1-12-8-9-14(10-13(12)2)16(17)11-18-15-6-4-3-5-7-15/h8-10,15-17H,3-7,11H2,1-2H3. The molecule has 1 fully saturated rings. The molecule has 0 spiro atoms. The Morgan fingerprint density at radius 3 is 2.56 bits per heavy atom. The van der Waals surface area contributed by atoms with Crippen LogP contribution in [0.5, 0.6) is 0 Å². The summed E-state index contributed by atoms with van der Waals surface area (Å²) in [6.45, 7) is 4.22. The molecule has 2 rings (SSSR count). The van der Waals surface area contributed by atoms with E-state index in [0.717, 1.165) is 16.6 Å². The van der Waals surface area contributed by atoms with Gasteiger partial charge in [-0.3, -0.25) is 0 Å². The molecular formula is C16H24OS. The van der Waals surface area contributed by atoms with E-state index in [9.17, 15) is 5.11 Å². The summed E-state index contributed by atoms with van der Waals surface area (Å²) in [6.07, 6.45) is 6.51. The minimum atomic E-state index is -0.309. The first-order valence-electron chi connectivity index (χ1n) is 7.03. The molecule has 0 bridgehead atoms. The molecule has 1 N–H and O–H groups in total. The molecule has 0 heterocycles. The number of hydrogen-bond acceptors (Lipinski definition) is 2. The number of aryl methyl sites for hydroxylation is 2. The van der Waals surface area contributed by atoms with Gasteiger partial charge in [0, 0.05) is 11.0 Å². The van der Waals surface area contributed by atoms with Gasteiger partial charge in [0.1, 0.15) is 0 Å². The Bertz CT molecular complexity index is 383. The molecule has 0 aromatic heterocycles. The Hall–Kier alpha value is -0.470. The number of aliphatic hydroxyl groups is 1. The highest BCUT2D eigenvalue weighted by atomic mass is 32.2. The predicted molar refractivity (Wildman–Crippen MR) is 80.2 cm³/mol. The topological polar surface area (TPSA) is 20.2 Å². The number of hydrogen-bond donors (Lipinski definition) is 1. The van der Waals surface area contributed by atoms with Crippen LogP contribution in [0.4, 0.5) is 0 Å². The van der Waals surface area contributed by atoms with Crippen LogP contribution in [0.25, 0.3) is 0 Å². The Kier molecular flexibility index (Phi) is 5.13. The summed E-state index contributed by atoms with van der Waals surface area (Å²) in [5, 5.41) is 11.0. The van der Waals surface area contributed by atoms with Gasteiger partial charge in [-0.15, -0.1) is 0 Å². The summed E-state index contributed by atoms with van der Waals surface area (Å²) in [7, 11) is 0. The van der Waals surface area contributed by atoms with Crippen molar-refractivity contribution in [1.82, 2.24) is 0 Å². The summed E-state index contributed by atoms with van der Waals surface area (Å²) in [5.41, 5.74) is 3.64. The first kappa shape index (κ1) is 14.0. The lowest BCUT2D eigenvalue weighted by atomic mass is 10.0. The van der Waals surface area contributed by atoms with Crippen molar-refractivity contribution in [2.45, 2.75) is 57.3 Å². The van der Waals surface area contributed by atoms with Crippen molar-refractivity contribution in [2.24, 2.45) is 0 Å². The monoisotopic (exact) mass is 264 g/mol. The van der Waals surface area contributed by atoms with E-state index in [1.54, 1.807) is 0 Å². The molecule has 100 valence electrons. The molecular weight excluding hydrogens is 240 g/mol. The number of rotatable bonds is 4. The van der Waals surface area contributed by atoms with Crippen molar-refractivity contribution in [1.29, 1.82) is 0 Å². The van der Waals surface area contributed by atoms with Crippen LogP contribution in [0.1, 0.15) is 54.9 Å². The molecule has 1 atom stereocenters. The van der Waals surface area contributed by atoms with E-state index in [0.29, 0.717) is 0 Å². The molecule has 1 aromatic rings. The number of thioether (sulfide) groups is 1. The highest BCUT2D eigenvalue weighted by molar-refractivity contribution is 7.99. The normalized spacial score (nSPS) is 18.8. The van der Waals surface area contributed by atoms with Gasteiger partial charge in [0.05, 0.1) is 6.10 Å². The maximum absolute atomic E-state index is 10.2. The fraction of sp³-hybridized carbons (Fsp3) is 0.625. The molecule has 1 aliphatic rings. The zero-order chi connectivity index (χ0) is 13.0. The number of aliphatic hydroxyl groups excluding tert-OH is 1. The van der Waals surface area contributed by atoms with Crippen LogP contribution < -0.4 is 0 Å². The second-order valence-corrected chi connectivity index (χ2v) is 6.79. The number of benzene rings is 1. The van der Waals surface area contributed by atoms with Crippen LogP contribution in [-0.2, 0) is 0 Å². The first-order chi connectivity index (χ1) is 8.66. The molecule has 1 saturated carbocycles. The molecule has 1 nitrogen and oxygen atoms in total. The van der Waals surface area contributed by atoms with E-state index in [2.05, 4.69) is 32.0 Å². The van der Waals surface area contributed by atoms with Crippen molar-refractivity contribution in [3.05, 3.63) is 34.9 Å². The van der Waals surface area contributed by atoms with E-state index in [1.807, 2.05) is 11.8 Å².